The van der Waals surface area contributed by atoms with Gasteiger partial charge < -0.3 is 10.2 Å². The van der Waals surface area contributed by atoms with E-state index < -0.39 is 6.04 Å². The van der Waals surface area contributed by atoms with Gasteiger partial charge in [0.25, 0.3) is 0 Å². The van der Waals surface area contributed by atoms with Crippen LogP contribution in [0.2, 0.25) is 10.0 Å². The largest absolute Gasteiger partial charge is 0.357 e. The molecule has 0 saturated heterocycles. The SMILES string of the molecule is CC[C@@H](C(=O)NC)N(Cc1ccc(Cl)c(Cl)c1)C(=O)Cc1ccc(C)cc1. The van der Waals surface area contributed by atoms with Gasteiger partial charge in [0.1, 0.15) is 6.04 Å². The molecule has 0 aliphatic rings. The first-order valence-electron chi connectivity index (χ1n) is 8.86. The van der Waals surface area contributed by atoms with Crippen molar-refractivity contribution >= 4 is 35.0 Å². The molecule has 2 rings (SSSR count). The highest BCUT2D eigenvalue weighted by atomic mass is 35.5. The lowest BCUT2D eigenvalue weighted by Gasteiger charge is -2.30. The van der Waals surface area contributed by atoms with E-state index in [4.69, 9.17) is 23.2 Å². The number of hydrogen-bond acceptors (Lipinski definition) is 2. The minimum atomic E-state index is -0.553. The fraction of sp³-hybridized carbons (Fsp3) is 0.333. The van der Waals surface area contributed by atoms with E-state index >= 15 is 0 Å². The van der Waals surface area contributed by atoms with Crippen molar-refractivity contribution in [3.63, 3.8) is 0 Å². The summed E-state index contributed by atoms with van der Waals surface area (Å²) in [7, 11) is 1.58. The van der Waals surface area contributed by atoms with Crippen LogP contribution >= 0.6 is 23.2 Å². The number of carbonyl (C=O) groups is 2. The standard InChI is InChI=1S/C21H24Cl2N2O2/c1-4-19(21(27)24-3)25(13-16-9-10-17(22)18(23)11-16)20(26)12-15-7-5-14(2)6-8-15/h5-11,19H,4,12-13H2,1-3H3,(H,24,27)/t19-/m0/s1. The van der Waals surface area contributed by atoms with Crippen LogP contribution in [0.3, 0.4) is 0 Å². The van der Waals surface area contributed by atoms with Crippen LogP contribution in [0.25, 0.3) is 0 Å². The lowest BCUT2D eigenvalue weighted by atomic mass is 10.1. The molecule has 2 aromatic carbocycles. The topological polar surface area (TPSA) is 49.4 Å². The van der Waals surface area contributed by atoms with Crippen LogP contribution in [0.1, 0.15) is 30.0 Å². The predicted octanol–water partition coefficient (Wildman–Crippen LogP) is 4.40. The van der Waals surface area contributed by atoms with Crippen molar-refractivity contribution in [2.45, 2.75) is 39.3 Å². The summed E-state index contributed by atoms with van der Waals surface area (Å²) in [6.45, 7) is 4.18. The van der Waals surface area contributed by atoms with Crippen LogP contribution in [-0.4, -0.2) is 29.8 Å². The van der Waals surface area contributed by atoms with Crippen LogP contribution < -0.4 is 5.32 Å². The smallest absolute Gasteiger partial charge is 0.242 e. The summed E-state index contributed by atoms with van der Waals surface area (Å²) >= 11 is 12.1. The Labute approximate surface area is 170 Å². The van der Waals surface area contributed by atoms with Crippen molar-refractivity contribution in [3.8, 4) is 0 Å². The Balaban J connectivity index is 2.29. The van der Waals surface area contributed by atoms with Gasteiger partial charge in [-0.1, -0.05) is 66.0 Å². The predicted molar refractivity (Wildman–Crippen MR) is 110 cm³/mol. The molecule has 0 aliphatic heterocycles. The van der Waals surface area contributed by atoms with E-state index in [9.17, 15) is 9.59 Å². The summed E-state index contributed by atoms with van der Waals surface area (Å²) in [5.41, 5.74) is 2.87. The zero-order valence-electron chi connectivity index (χ0n) is 15.8. The molecular formula is C21H24Cl2N2O2. The number of nitrogens with one attached hydrogen (secondary N) is 1. The molecule has 4 nitrogen and oxygen atoms in total. The van der Waals surface area contributed by atoms with Gasteiger partial charge in [0.2, 0.25) is 11.8 Å². The number of halogens is 2. The number of nitrogens with zero attached hydrogens (tertiary/aromatic N) is 1. The van der Waals surface area contributed by atoms with Crippen LogP contribution in [0.4, 0.5) is 0 Å². The third kappa shape index (κ3) is 5.72. The molecule has 1 N–H and O–H groups in total. The molecule has 0 saturated carbocycles. The van der Waals surface area contributed by atoms with Gasteiger partial charge in [-0.3, -0.25) is 9.59 Å². The number of benzene rings is 2. The van der Waals surface area contributed by atoms with Crippen molar-refractivity contribution in [3.05, 3.63) is 69.2 Å². The number of carbonyl (C=O) groups excluding carboxylic acids is 2. The monoisotopic (exact) mass is 406 g/mol. The minimum absolute atomic E-state index is 0.111. The Kier molecular flexibility index (Phi) is 7.69. The number of rotatable bonds is 7. The van der Waals surface area contributed by atoms with Crippen molar-refractivity contribution in [1.82, 2.24) is 10.2 Å². The molecule has 0 fully saturated rings. The second kappa shape index (κ2) is 9.77. The summed E-state index contributed by atoms with van der Waals surface area (Å²) in [6, 6.07) is 12.5. The van der Waals surface area contributed by atoms with Crippen molar-refractivity contribution in [1.29, 1.82) is 0 Å². The highest BCUT2D eigenvalue weighted by Gasteiger charge is 2.28. The molecule has 2 aromatic rings. The second-order valence-electron chi connectivity index (χ2n) is 6.47. The summed E-state index contributed by atoms with van der Waals surface area (Å²) in [4.78, 5) is 27.0. The van der Waals surface area contributed by atoms with Crippen LogP contribution in [0, 0.1) is 6.92 Å². The first kappa shape index (κ1) is 21.3. The summed E-state index contributed by atoms with van der Waals surface area (Å²) in [5, 5.41) is 3.53. The lowest BCUT2D eigenvalue weighted by Crippen LogP contribution is -2.48. The van der Waals surface area contributed by atoms with E-state index in [1.807, 2.05) is 44.2 Å². The highest BCUT2D eigenvalue weighted by molar-refractivity contribution is 6.42. The maximum absolute atomic E-state index is 13.1. The van der Waals surface area contributed by atoms with E-state index in [0.717, 1.165) is 16.7 Å². The molecule has 6 heteroatoms. The average Bonchev–Trinajstić information content (AvgIpc) is 2.65. The van der Waals surface area contributed by atoms with Crippen molar-refractivity contribution in [2.24, 2.45) is 0 Å². The Morgan fingerprint density at radius 3 is 2.22 bits per heavy atom. The number of aryl methyl sites for hydroxylation is 1. The van der Waals surface area contributed by atoms with Gasteiger partial charge >= 0.3 is 0 Å². The van der Waals surface area contributed by atoms with E-state index in [0.29, 0.717) is 16.5 Å². The van der Waals surface area contributed by atoms with E-state index in [1.165, 1.54) is 0 Å². The third-order valence-corrected chi connectivity index (χ3v) is 5.18. The summed E-state index contributed by atoms with van der Waals surface area (Å²) < 4.78 is 0. The fourth-order valence-corrected chi connectivity index (χ4v) is 3.22. The molecule has 27 heavy (non-hydrogen) atoms. The van der Waals surface area contributed by atoms with Crippen molar-refractivity contribution < 1.29 is 9.59 Å². The lowest BCUT2D eigenvalue weighted by molar-refractivity contribution is -0.140. The number of likely N-dealkylation sites (N-methyl/N-ethyl adjacent to an activating group) is 1. The van der Waals surface area contributed by atoms with E-state index in [2.05, 4.69) is 5.32 Å². The molecule has 0 aliphatic carbocycles. The third-order valence-electron chi connectivity index (χ3n) is 4.45. The van der Waals surface area contributed by atoms with Crippen LogP contribution in [0.5, 0.6) is 0 Å². The molecular weight excluding hydrogens is 383 g/mol. The van der Waals surface area contributed by atoms with Gasteiger partial charge in [-0.25, -0.2) is 0 Å². The average molecular weight is 407 g/mol. The highest BCUT2D eigenvalue weighted by Crippen LogP contribution is 2.24. The number of hydrogen-bond donors (Lipinski definition) is 1. The van der Waals surface area contributed by atoms with Gasteiger partial charge in [-0.2, -0.15) is 0 Å². The molecule has 0 aromatic heterocycles. The second-order valence-corrected chi connectivity index (χ2v) is 7.29. The van der Waals surface area contributed by atoms with Gasteiger partial charge in [-0.15, -0.1) is 0 Å². The summed E-state index contributed by atoms with van der Waals surface area (Å²) in [5.74, 6) is -0.296. The molecule has 0 bridgehead atoms. The van der Waals surface area contributed by atoms with Crippen LogP contribution in [0.15, 0.2) is 42.5 Å². The molecule has 0 unspecified atom stereocenters. The molecule has 2 amide bonds. The molecule has 144 valence electrons. The number of amides is 2. The van der Waals surface area contributed by atoms with Gasteiger partial charge in [0.05, 0.1) is 16.5 Å². The van der Waals surface area contributed by atoms with E-state index in [1.54, 1.807) is 24.1 Å². The molecule has 0 heterocycles. The van der Waals surface area contributed by atoms with Gasteiger partial charge in [0, 0.05) is 13.6 Å². The summed E-state index contributed by atoms with van der Waals surface area (Å²) in [6.07, 6.45) is 0.746. The zero-order chi connectivity index (χ0) is 20.0. The Bertz CT molecular complexity index is 806. The Hall–Kier alpha value is -2.04. The minimum Gasteiger partial charge on any atom is -0.357 e. The molecule has 0 spiro atoms. The van der Waals surface area contributed by atoms with E-state index in [-0.39, 0.29) is 24.8 Å². The maximum atomic E-state index is 13.1. The van der Waals surface area contributed by atoms with Gasteiger partial charge in [-0.05, 0) is 36.6 Å². The Morgan fingerprint density at radius 2 is 1.67 bits per heavy atom. The zero-order valence-corrected chi connectivity index (χ0v) is 17.3. The molecule has 1 atom stereocenters. The first-order chi connectivity index (χ1) is 12.8. The normalized spacial score (nSPS) is 11.7. The van der Waals surface area contributed by atoms with Gasteiger partial charge in [0.15, 0.2) is 0 Å². The first-order valence-corrected chi connectivity index (χ1v) is 9.61. The fourth-order valence-electron chi connectivity index (χ4n) is 2.90. The quantitative estimate of drug-likeness (QED) is 0.740. The molecule has 0 radical (unpaired) electrons. The Morgan fingerprint density at radius 1 is 1.04 bits per heavy atom. The maximum Gasteiger partial charge on any atom is 0.242 e. The van der Waals surface area contributed by atoms with Crippen LogP contribution in [-0.2, 0) is 22.6 Å². The van der Waals surface area contributed by atoms with Crippen molar-refractivity contribution in [2.75, 3.05) is 7.05 Å².